The predicted molar refractivity (Wildman–Crippen MR) is 74.7 cm³/mol. The Morgan fingerprint density at radius 1 is 1.28 bits per heavy atom. The molecule has 0 spiro atoms. The molecule has 2 aromatic rings. The fourth-order valence-corrected chi connectivity index (χ4v) is 2.18. The molecule has 2 rings (SSSR count). The maximum absolute atomic E-state index is 12.3. The summed E-state index contributed by atoms with van der Waals surface area (Å²) in [5.41, 5.74) is 1.38. The van der Waals surface area contributed by atoms with E-state index in [9.17, 15) is 4.79 Å². The summed E-state index contributed by atoms with van der Waals surface area (Å²) in [6, 6.07) is 10.9. The van der Waals surface area contributed by atoms with Gasteiger partial charge >= 0.3 is 0 Å². The molecule has 0 fully saturated rings. The number of nitrogens with zero attached hydrogens (tertiary/aromatic N) is 1. The quantitative estimate of drug-likeness (QED) is 0.628. The summed E-state index contributed by atoms with van der Waals surface area (Å²) in [5.74, 6) is 0.783. The van der Waals surface area contributed by atoms with Crippen LogP contribution in [0.1, 0.15) is 16.1 Å². The van der Waals surface area contributed by atoms with Crippen LogP contribution in [-0.2, 0) is 6.54 Å². The molecule has 94 valence electrons. The Balaban J connectivity index is 2.26. The minimum atomic E-state index is 0.0311. The number of hydrogen-bond acceptors (Lipinski definition) is 2. The fraction of sp³-hybridized carbons (Fsp3) is 0.214. The summed E-state index contributed by atoms with van der Waals surface area (Å²) in [7, 11) is 1.61. The normalized spacial score (nSPS) is 10.3. The van der Waals surface area contributed by atoms with Gasteiger partial charge in [-0.1, -0.05) is 15.9 Å². The molecule has 0 bridgehead atoms. The molecule has 1 aromatic carbocycles. The van der Waals surface area contributed by atoms with Gasteiger partial charge in [0.05, 0.1) is 12.8 Å². The van der Waals surface area contributed by atoms with Crippen molar-refractivity contribution >= 4 is 21.7 Å². The van der Waals surface area contributed by atoms with Crippen molar-refractivity contribution in [1.29, 1.82) is 0 Å². The first-order valence-corrected chi connectivity index (χ1v) is 6.78. The molecule has 1 aromatic heterocycles. The van der Waals surface area contributed by atoms with Gasteiger partial charge in [0.2, 0.25) is 5.78 Å². The van der Waals surface area contributed by atoms with Crippen molar-refractivity contribution in [2.75, 3.05) is 12.4 Å². The molecule has 0 aliphatic carbocycles. The molecule has 0 radical (unpaired) electrons. The smallest absolute Gasteiger partial charge is 0.209 e. The molecule has 0 unspecified atom stereocenters. The van der Waals surface area contributed by atoms with E-state index in [0.29, 0.717) is 11.3 Å². The molecule has 0 aliphatic rings. The number of ether oxygens (including phenoxy) is 1. The number of carbonyl (C=O) groups excluding carboxylic acids is 1. The fourth-order valence-electron chi connectivity index (χ4n) is 1.80. The summed E-state index contributed by atoms with van der Waals surface area (Å²) in [6.45, 7) is 0.782. The number of halogens is 1. The van der Waals surface area contributed by atoms with E-state index in [2.05, 4.69) is 15.9 Å². The number of rotatable bonds is 5. The van der Waals surface area contributed by atoms with Gasteiger partial charge in [-0.05, 0) is 36.4 Å². The van der Waals surface area contributed by atoms with Crippen LogP contribution in [0.15, 0.2) is 42.6 Å². The first-order chi connectivity index (χ1) is 8.76. The standard InChI is InChI=1S/C14H14BrNO2/c1-18-12-6-4-11(5-7-12)14(17)13-3-2-9-16(13)10-8-15/h2-7,9H,8,10H2,1H3. The van der Waals surface area contributed by atoms with Crippen molar-refractivity contribution in [3.8, 4) is 5.75 Å². The van der Waals surface area contributed by atoms with Crippen molar-refractivity contribution in [1.82, 2.24) is 4.57 Å². The Labute approximate surface area is 115 Å². The van der Waals surface area contributed by atoms with Gasteiger partial charge in [-0.15, -0.1) is 0 Å². The lowest BCUT2D eigenvalue weighted by molar-refractivity contribution is 0.103. The molecule has 4 heteroatoms. The van der Waals surface area contributed by atoms with E-state index >= 15 is 0 Å². The summed E-state index contributed by atoms with van der Waals surface area (Å²) in [6.07, 6.45) is 1.91. The van der Waals surface area contributed by atoms with Crippen LogP contribution in [0.4, 0.5) is 0 Å². The second kappa shape index (κ2) is 5.87. The largest absolute Gasteiger partial charge is 0.497 e. The van der Waals surface area contributed by atoms with Crippen molar-refractivity contribution in [3.63, 3.8) is 0 Å². The first-order valence-electron chi connectivity index (χ1n) is 5.66. The highest BCUT2D eigenvalue weighted by molar-refractivity contribution is 9.09. The monoisotopic (exact) mass is 307 g/mol. The lowest BCUT2D eigenvalue weighted by Crippen LogP contribution is -2.10. The van der Waals surface area contributed by atoms with Gasteiger partial charge in [0.25, 0.3) is 0 Å². The van der Waals surface area contributed by atoms with Gasteiger partial charge in [-0.2, -0.15) is 0 Å². The molecule has 0 N–H and O–H groups in total. The third-order valence-corrected chi connectivity index (χ3v) is 3.09. The van der Waals surface area contributed by atoms with E-state index in [1.807, 2.05) is 22.9 Å². The lowest BCUT2D eigenvalue weighted by Gasteiger charge is -2.07. The van der Waals surface area contributed by atoms with Gasteiger partial charge in [-0.25, -0.2) is 0 Å². The minimum absolute atomic E-state index is 0.0311. The van der Waals surface area contributed by atoms with Crippen LogP contribution in [0.5, 0.6) is 5.75 Å². The highest BCUT2D eigenvalue weighted by Gasteiger charge is 2.12. The van der Waals surface area contributed by atoms with Crippen LogP contribution in [-0.4, -0.2) is 22.8 Å². The third kappa shape index (κ3) is 2.64. The predicted octanol–water partition coefficient (Wildman–Crippen LogP) is 3.12. The topological polar surface area (TPSA) is 31.2 Å². The van der Waals surface area contributed by atoms with Crippen molar-refractivity contribution in [3.05, 3.63) is 53.9 Å². The molecular formula is C14H14BrNO2. The molecule has 0 saturated carbocycles. The highest BCUT2D eigenvalue weighted by Crippen LogP contribution is 2.15. The summed E-state index contributed by atoms with van der Waals surface area (Å²) in [4.78, 5) is 12.3. The van der Waals surface area contributed by atoms with Crippen LogP contribution in [0.25, 0.3) is 0 Å². The van der Waals surface area contributed by atoms with E-state index in [-0.39, 0.29) is 5.78 Å². The SMILES string of the molecule is COc1ccc(C(=O)c2cccn2CCBr)cc1. The Kier molecular flexibility index (Phi) is 4.20. The van der Waals surface area contributed by atoms with Crippen molar-refractivity contribution in [2.45, 2.75) is 6.54 Å². The number of carbonyl (C=O) groups is 1. The van der Waals surface area contributed by atoms with Crippen LogP contribution < -0.4 is 4.74 Å². The number of aromatic nitrogens is 1. The van der Waals surface area contributed by atoms with Crippen LogP contribution >= 0.6 is 15.9 Å². The lowest BCUT2D eigenvalue weighted by atomic mass is 10.1. The van der Waals surface area contributed by atoms with Gasteiger partial charge in [0.15, 0.2) is 0 Å². The maximum Gasteiger partial charge on any atom is 0.209 e. The second-order valence-electron chi connectivity index (χ2n) is 3.83. The zero-order valence-corrected chi connectivity index (χ0v) is 11.7. The van der Waals surface area contributed by atoms with E-state index in [0.717, 1.165) is 17.6 Å². The van der Waals surface area contributed by atoms with Crippen LogP contribution in [0, 0.1) is 0 Å². The molecule has 0 aliphatic heterocycles. The summed E-state index contributed by atoms with van der Waals surface area (Å²) < 4.78 is 7.02. The van der Waals surface area contributed by atoms with E-state index in [1.54, 1.807) is 31.4 Å². The number of methoxy groups -OCH3 is 1. The highest BCUT2D eigenvalue weighted by atomic mass is 79.9. The number of aryl methyl sites for hydroxylation is 1. The van der Waals surface area contributed by atoms with Crippen LogP contribution in [0.3, 0.4) is 0 Å². The average Bonchev–Trinajstić information content (AvgIpc) is 2.87. The molecule has 1 heterocycles. The third-order valence-electron chi connectivity index (χ3n) is 2.74. The van der Waals surface area contributed by atoms with E-state index in [1.165, 1.54) is 0 Å². The van der Waals surface area contributed by atoms with Gasteiger partial charge in [0, 0.05) is 23.6 Å². The van der Waals surface area contributed by atoms with E-state index in [4.69, 9.17) is 4.74 Å². The zero-order chi connectivity index (χ0) is 13.0. The van der Waals surface area contributed by atoms with Crippen molar-refractivity contribution < 1.29 is 9.53 Å². The summed E-state index contributed by atoms with van der Waals surface area (Å²) >= 11 is 3.38. The van der Waals surface area contributed by atoms with E-state index < -0.39 is 0 Å². The molecule has 0 saturated heterocycles. The van der Waals surface area contributed by atoms with Gasteiger partial charge in [-0.3, -0.25) is 4.79 Å². The summed E-state index contributed by atoms with van der Waals surface area (Å²) in [5, 5.41) is 0.824. The molecule has 3 nitrogen and oxygen atoms in total. The van der Waals surface area contributed by atoms with Gasteiger partial charge < -0.3 is 9.30 Å². The van der Waals surface area contributed by atoms with Gasteiger partial charge in [0.1, 0.15) is 5.75 Å². The Bertz CT molecular complexity index is 531. The first kappa shape index (κ1) is 12.9. The Hall–Kier alpha value is -1.55. The molecule has 0 amide bonds. The molecule has 18 heavy (non-hydrogen) atoms. The second-order valence-corrected chi connectivity index (χ2v) is 4.63. The zero-order valence-electron chi connectivity index (χ0n) is 10.1. The Morgan fingerprint density at radius 2 is 2.00 bits per heavy atom. The molecule has 0 atom stereocenters. The molecular weight excluding hydrogens is 294 g/mol. The number of alkyl halides is 1. The maximum atomic E-state index is 12.3. The number of benzene rings is 1. The number of ketones is 1. The Morgan fingerprint density at radius 3 is 2.61 bits per heavy atom. The minimum Gasteiger partial charge on any atom is -0.497 e. The van der Waals surface area contributed by atoms with Crippen LogP contribution in [0.2, 0.25) is 0 Å². The average molecular weight is 308 g/mol. The van der Waals surface area contributed by atoms with Crippen molar-refractivity contribution in [2.24, 2.45) is 0 Å². The number of hydrogen-bond donors (Lipinski definition) is 0.